The van der Waals surface area contributed by atoms with Gasteiger partial charge in [0.15, 0.2) is 6.61 Å². The fraction of sp³-hybridized carbons (Fsp3) is 0.115. The van der Waals surface area contributed by atoms with Gasteiger partial charge in [-0.05, 0) is 42.0 Å². The van der Waals surface area contributed by atoms with Crippen molar-refractivity contribution in [3.05, 3.63) is 107 Å². The molecule has 7 heteroatoms. The number of para-hydroxylation sites is 1. The molecule has 0 fully saturated rings. The predicted octanol–water partition coefficient (Wildman–Crippen LogP) is 3.91. The van der Waals surface area contributed by atoms with Crippen molar-refractivity contribution >= 4 is 5.91 Å². The second kappa shape index (κ2) is 10.4. The van der Waals surface area contributed by atoms with Crippen molar-refractivity contribution in [2.24, 2.45) is 0 Å². The summed E-state index contributed by atoms with van der Waals surface area (Å²) in [5.74, 6) is -0.0345. The summed E-state index contributed by atoms with van der Waals surface area (Å²) in [6, 6.07) is 26.2. The Bertz CT molecular complexity index is 1290. The summed E-state index contributed by atoms with van der Waals surface area (Å²) >= 11 is 0. The number of amides is 1. The van der Waals surface area contributed by atoms with Crippen LogP contribution in [0.1, 0.15) is 0 Å². The van der Waals surface area contributed by atoms with Crippen LogP contribution in [0, 0.1) is 5.82 Å². The van der Waals surface area contributed by atoms with E-state index < -0.39 is 0 Å². The normalized spacial score (nSPS) is 10.6. The first-order chi connectivity index (χ1) is 16.1. The van der Waals surface area contributed by atoms with Crippen LogP contribution in [0.4, 0.5) is 4.39 Å². The van der Waals surface area contributed by atoms with E-state index in [0.717, 1.165) is 11.1 Å². The highest BCUT2D eigenvalue weighted by atomic mass is 19.1. The molecule has 0 aliphatic carbocycles. The molecule has 0 spiro atoms. The van der Waals surface area contributed by atoms with Gasteiger partial charge < -0.3 is 10.1 Å². The van der Waals surface area contributed by atoms with Gasteiger partial charge in [0, 0.05) is 23.7 Å². The van der Waals surface area contributed by atoms with Gasteiger partial charge in [0.2, 0.25) is 0 Å². The Morgan fingerprint density at radius 2 is 1.61 bits per heavy atom. The van der Waals surface area contributed by atoms with Gasteiger partial charge in [-0.15, -0.1) is 0 Å². The largest absolute Gasteiger partial charge is 0.483 e. The average molecular weight is 443 g/mol. The average Bonchev–Trinajstić information content (AvgIpc) is 2.85. The Balaban J connectivity index is 1.33. The van der Waals surface area contributed by atoms with Gasteiger partial charge in [-0.1, -0.05) is 48.5 Å². The first-order valence-electron chi connectivity index (χ1n) is 10.5. The van der Waals surface area contributed by atoms with Crippen LogP contribution in [-0.4, -0.2) is 28.8 Å². The van der Waals surface area contributed by atoms with Crippen LogP contribution in [-0.2, 0) is 11.3 Å². The van der Waals surface area contributed by atoms with Crippen molar-refractivity contribution in [2.75, 3.05) is 13.2 Å². The van der Waals surface area contributed by atoms with Crippen LogP contribution in [0.25, 0.3) is 22.4 Å². The third-order valence-electron chi connectivity index (χ3n) is 4.98. The number of aromatic nitrogens is 2. The molecule has 4 aromatic rings. The Labute approximate surface area is 190 Å². The number of nitrogens with one attached hydrogen (secondary N) is 1. The molecule has 1 heterocycles. The minimum Gasteiger partial charge on any atom is -0.483 e. The first kappa shape index (κ1) is 22.0. The molecule has 0 radical (unpaired) electrons. The van der Waals surface area contributed by atoms with E-state index in [9.17, 15) is 14.0 Å². The highest BCUT2D eigenvalue weighted by Gasteiger charge is 2.09. The minimum absolute atomic E-state index is 0.151. The molecule has 0 aliphatic rings. The molecule has 0 saturated carbocycles. The highest BCUT2D eigenvalue weighted by Crippen LogP contribution is 2.29. The number of rotatable bonds is 8. The van der Waals surface area contributed by atoms with Crippen LogP contribution < -0.4 is 15.6 Å². The van der Waals surface area contributed by atoms with E-state index in [1.807, 2.05) is 54.6 Å². The van der Waals surface area contributed by atoms with Crippen LogP contribution in [0.15, 0.2) is 95.8 Å². The number of halogens is 1. The maximum absolute atomic E-state index is 13.1. The molecule has 1 N–H and O–H groups in total. The first-order valence-corrected chi connectivity index (χ1v) is 10.5. The summed E-state index contributed by atoms with van der Waals surface area (Å²) in [7, 11) is 0. The van der Waals surface area contributed by atoms with Crippen molar-refractivity contribution in [2.45, 2.75) is 6.54 Å². The third kappa shape index (κ3) is 5.71. The molecular weight excluding hydrogens is 421 g/mol. The third-order valence-corrected chi connectivity index (χ3v) is 4.98. The summed E-state index contributed by atoms with van der Waals surface area (Å²) in [6.45, 7) is 0.254. The number of carbonyl (C=O) groups excluding carboxylic acids is 1. The van der Waals surface area contributed by atoms with E-state index in [1.54, 1.807) is 18.2 Å². The van der Waals surface area contributed by atoms with E-state index in [0.29, 0.717) is 17.0 Å². The summed E-state index contributed by atoms with van der Waals surface area (Å²) in [4.78, 5) is 24.4. The van der Waals surface area contributed by atoms with E-state index in [4.69, 9.17) is 4.74 Å². The minimum atomic E-state index is -0.344. The molecule has 3 aromatic carbocycles. The molecular formula is C26H22FN3O3. The SMILES string of the molecule is O=C(COc1ccccc1-c1ccccc1)NCCn1nc(-c2ccc(F)cc2)ccc1=O. The lowest BCUT2D eigenvalue weighted by Crippen LogP contribution is -2.34. The number of nitrogens with zero attached hydrogens (tertiary/aromatic N) is 2. The topological polar surface area (TPSA) is 73.2 Å². The lowest BCUT2D eigenvalue weighted by atomic mass is 10.1. The zero-order chi connectivity index (χ0) is 23.0. The molecule has 33 heavy (non-hydrogen) atoms. The van der Waals surface area contributed by atoms with Gasteiger partial charge in [-0.3, -0.25) is 9.59 Å². The molecule has 1 amide bonds. The molecule has 6 nitrogen and oxygen atoms in total. The van der Waals surface area contributed by atoms with Crippen LogP contribution in [0.5, 0.6) is 5.75 Å². The Morgan fingerprint density at radius 3 is 2.39 bits per heavy atom. The van der Waals surface area contributed by atoms with Gasteiger partial charge in [0.1, 0.15) is 11.6 Å². The van der Waals surface area contributed by atoms with E-state index in [-0.39, 0.29) is 37.0 Å². The van der Waals surface area contributed by atoms with Gasteiger partial charge in [-0.25, -0.2) is 9.07 Å². The van der Waals surface area contributed by atoms with Gasteiger partial charge >= 0.3 is 0 Å². The molecule has 166 valence electrons. The lowest BCUT2D eigenvalue weighted by Gasteiger charge is -2.12. The van der Waals surface area contributed by atoms with Crippen molar-refractivity contribution in [1.82, 2.24) is 15.1 Å². The van der Waals surface area contributed by atoms with E-state index in [2.05, 4.69) is 10.4 Å². The standard InChI is InChI=1S/C26H22FN3O3/c27-21-12-10-20(11-13-21)23-14-15-26(32)30(29-23)17-16-28-25(31)18-33-24-9-5-4-8-22(24)19-6-2-1-3-7-19/h1-15H,16-18H2,(H,28,31). The molecule has 1 aromatic heterocycles. The van der Waals surface area contributed by atoms with Gasteiger partial charge in [-0.2, -0.15) is 5.10 Å². The maximum Gasteiger partial charge on any atom is 0.266 e. The van der Waals surface area contributed by atoms with Crippen molar-refractivity contribution < 1.29 is 13.9 Å². The zero-order valence-electron chi connectivity index (χ0n) is 17.8. The second-order valence-corrected chi connectivity index (χ2v) is 7.29. The summed E-state index contributed by atoms with van der Waals surface area (Å²) in [5, 5.41) is 7.05. The molecule has 0 unspecified atom stereocenters. The van der Waals surface area contributed by atoms with Crippen LogP contribution >= 0.6 is 0 Å². The van der Waals surface area contributed by atoms with Crippen LogP contribution in [0.3, 0.4) is 0 Å². The quantitative estimate of drug-likeness (QED) is 0.448. The number of hydrogen-bond donors (Lipinski definition) is 1. The lowest BCUT2D eigenvalue weighted by molar-refractivity contribution is -0.123. The zero-order valence-corrected chi connectivity index (χ0v) is 17.8. The van der Waals surface area contributed by atoms with Crippen molar-refractivity contribution in [3.63, 3.8) is 0 Å². The van der Waals surface area contributed by atoms with E-state index >= 15 is 0 Å². The monoisotopic (exact) mass is 443 g/mol. The van der Waals surface area contributed by atoms with E-state index in [1.165, 1.54) is 22.9 Å². The van der Waals surface area contributed by atoms with Crippen molar-refractivity contribution in [1.29, 1.82) is 0 Å². The van der Waals surface area contributed by atoms with Gasteiger partial charge in [0.05, 0.1) is 12.2 Å². The Morgan fingerprint density at radius 1 is 0.879 bits per heavy atom. The van der Waals surface area contributed by atoms with Crippen molar-refractivity contribution in [3.8, 4) is 28.1 Å². The fourth-order valence-electron chi connectivity index (χ4n) is 3.33. The Kier molecular flexibility index (Phi) is 6.90. The molecule has 0 bridgehead atoms. The maximum atomic E-state index is 13.1. The predicted molar refractivity (Wildman–Crippen MR) is 124 cm³/mol. The highest BCUT2D eigenvalue weighted by molar-refractivity contribution is 5.78. The summed E-state index contributed by atoms with van der Waals surface area (Å²) in [5.41, 5.74) is 2.85. The number of ether oxygens (including phenoxy) is 1. The fourth-order valence-corrected chi connectivity index (χ4v) is 3.33. The Hall–Kier alpha value is -4.26. The smallest absolute Gasteiger partial charge is 0.266 e. The van der Waals surface area contributed by atoms with Crippen LogP contribution in [0.2, 0.25) is 0 Å². The summed E-state index contributed by atoms with van der Waals surface area (Å²) < 4.78 is 20.1. The number of carbonyl (C=O) groups is 1. The number of benzene rings is 3. The molecule has 0 atom stereocenters. The molecule has 0 aliphatic heterocycles. The summed E-state index contributed by atoms with van der Waals surface area (Å²) in [6.07, 6.45) is 0. The molecule has 0 saturated heterocycles. The molecule has 4 rings (SSSR count). The van der Waals surface area contributed by atoms with Gasteiger partial charge in [0.25, 0.3) is 11.5 Å². The number of hydrogen-bond acceptors (Lipinski definition) is 4. The second-order valence-electron chi connectivity index (χ2n) is 7.29.